The van der Waals surface area contributed by atoms with E-state index < -0.39 is 0 Å². The molecule has 0 saturated carbocycles. The number of aryl methyl sites for hydroxylation is 1. The number of hydrogen-bond donors (Lipinski definition) is 1. The maximum atomic E-state index is 11.1. The summed E-state index contributed by atoms with van der Waals surface area (Å²) in [5.41, 5.74) is 1.93. The third kappa shape index (κ3) is 3.67. The monoisotopic (exact) mass is 262 g/mol. The number of carbonyl (C=O) groups is 1. The zero-order valence-electron chi connectivity index (χ0n) is 11.2. The molecule has 0 aliphatic heterocycles. The Kier molecular flexibility index (Phi) is 4.33. The number of fused-ring (bicyclic) bond motifs is 1. The third-order valence-electron chi connectivity index (χ3n) is 2.62. The van der Waals surface area contributed by atoms with Crippen molar-refractivity contribution in [1.82, 2.24) is 14.6 Å². The maximum Gasteiger partial charge on any atom is 0.305 e. The second-order valence-corrected chi connectivity index (χ2v) is 4.28. The minimum Gasteiger partial charge on any atom is -0.466 e. The second-order valence-electron chi connectivity index (χ2n) is 4.28. The number of esters is 1. The molecule has 0 bridgehead atoms. The zero-order chi connectivity index (χ0) is 13.7. The van der Waals surface area contributed by atoms with Crippen LogP contribution < -0.4 is 5.32 Å². The van der Waals surface area contributed by atoms with Crippen LogP contribution in [0.4, 0.5) is 5.95 Å². The number of pyridine rings is 1. The highest BCUT2D eigenvalue weighted by Gasteiger charge is 2.04. The van der Waals surface area contributed by atoms with Crippen molar-refractivity contribution in [3.05, 3.63) is 23.9 Å². The number of rotatable bonds is 6. The highest BCUT2D eigenvalue weighted by molar-refractivity contribution is 5.69. The quantitative estimate of drug-likeness (QED) is 0.635. The van der Waals surface area contributed by atoms with E-state index in [0.29, 0.717) is 31.9 Å². The molecule has 2 rings (SSSR count). The second kappa shape index (κ2) is 6.17. The SMILES string of the molecule is CCOC(=O)CCCNc1nc2ccc(C)cn2n1. The lowest BCUT2D eigenvalue weighted by atomic mass is 10.3. The molecule has 0 saturated heterocycles. The largest absolute Gasteiger partial charge is 0.466 e. The molecule has 102 valence electrons. The topological polar surface area (TPSA) is 68.5 Å². The molecule has 0 aliphatic rings. The van der Waals surface area contributed by atoms with E-state index in [1.165, 1.54) is 0 Å². The predicted octanol–water partition coefficient (Wildman–Crippen LogP) is 1.79. The average Bonchev–Trinajstić information content (AvgIpc) is 2.77. The fourth-order valence-electron chi connectivity index (χ4n) is 1.73. The van der Waals surface area contributed by atoms with Gasteiger partial charge >= 0.3 is 5.97 Å². The number of anilines is 1. The van der Waals surface area contributed by atoms with Crippen LogP contribution in [0.1, 0.15) is 25.3 Å². The molecule has 2 aromatic rings. The van der Waals surface area contributed by atoms with Crippen LogP contribution in [-0.2, 0) is 9.53 Å². The van der Waals surface area contributed by atoms with E-state index in [1.54, 1.807) is 11.4 Å². The lowest BCUT2D eigenvalue weighted by molar-refractivity contribution is -0.143. The van der Waals surface area contributed by atoms with E-state index in [1.807, 2.05) is 25.3 Å². The fraction of sp³-hybridized carbons (Fsp3) is 0.462. The van der Waals surface area contributed by atoms with Gasteiger partial charge in [0, 0.05) is 19.2 Å². The maximum absolute atomic E-state index is 11.1. The minimum absolute atomic E-state index is 0.164. The van der Waals surface area contributed by atoms with E-state index in [2.05, 4.69) is 15.4 Å². The lowest BCUT2D eigenvalue weighted by Crippen LogP contribution is -2.08. The molecule has 2 heterocycles. The molecule has 0 aliphatic carbocycles. The van der Waals surface area contributed by atoms with E-state index >= 15 is 0 Å². The van der Waals surface area contributed by atoms with Crippen molar-refractivity contribution in [3.8, 4) is 0 Å². The number of nitrogens with zero attached hydrogens (tertiary/aromatic N) is 3. The van der Waals surface area contributed by atoms with Gasteiger partial charge < -0.3 is 10.1 Å². The minimum atomic E-state index is -0.164. The normalized spacial score (nSPS) is 10.6. The Morgan fingerprint density at radius 2 is 2.32 bits per heavy atom. The van der Waals surface area contributed by atoms with Gasteiger partial charge in [0.2, 0.25) is 5.95 Å². The summed E-state index contributed by atoms with van der Waals surface area (Å²) in [4.78, 5) is 15.5. The van der Waals surface area contributed by atoms with Crippen LogP contribution in [0, 0.1) is 6.92 Å². The van der Waals surface area contributed by atoms with Crippen LogP contribution in [-0.4, -0.2) is 33.7 Å². The molecule has 6 heteroatoms. The first-order chi connectivity index (χ1) is 9.19. The van der Waals surface area contributed by atoms with Crippen molar-refractivity contribution in [1.29, 1.82) is 0 Å². The van der Waals surface area contributed by atoms with E-state index in [4.69, 9.17) is 4.74 Å². The molecule has 0 fully saturated rings. The molecule has 0 spiro atoms. The van der Waals surface area contributed by atoms with Crippen molar-refractivity contribution >= 4 is 17.6 Å². The van der Waals surface area contributed by atoms with Gasteiger partial charge in [-0.25, -0.2) is 4.52 Å². The number of ether oxygens (including phenoxy) is 1. The van der Waals surface area contributed by atoms with Gasteiger partial charge in [-0.2, -0.15) is 4.98 Å². The summed E-state index contributed by atoms with van der Waals surface area (Å²) in [6.07, 6.45) is 3.03. The number of aromatic nitrogens is 3. The molecule has 0 aromatic carbocycles. The standard InChI is InChI=1S/C13H18N4O2/c1-3-19-12(18)5-4-8-14-13-15-11-7-6-10(2)9-17(11)16-13/h6-7,9H,3-5,8H2,1-2H3,(H,14,16). The Labute approximate surface area is 111 Å². The summed E-state index contributed by atoms with van der Waals surface area (Å²) >= 11 is 0. The zero-order valence-corrected chi connectivity index (χ0v) is 11.2. The number of hydrogen-bond acceptors (Lipinski definition) is 5. The molecule has 6 nitrogen and oxygen atoms in total. The molecular formula is C13H18N4O2. The lowest BCUT2D eigenvalue weighted by Gasteiger charge is -2.02. The summed E-state index contributed by atoms with van der Waals surface area (Å²) in [6.45, 7) is 4.89. The summed E-state index contributed by atoms with van der Waals surface area (Å²) in [7, 11) is 0. The number of nitrogens with one attached hydrogen (secondary N) is 1. The molecule has 0 radical (unpaired) electrons. The highest BCUT2D eigenvalue weighted by Crippen LogP contribution is 2.07. The Bertz CT molecular complexity index is 565. The van der Waals surface area contributed by atoms with Crippen molar-refractivity contribution in [2.75, 3.05) is 18.5 Å². The average molecular weight is 262 g/mol. The summed E-state index contributed by atoms with van der Waals surface area (Å²) in [5.74, 6) is 0.414. The molecule has 0 atom stereocenters. The molecule has 1 N–H and O–H groups in total. The summed E-state index contributed by atoms with van der Waals surface area (Å²) in [5, 5.41) is 7.40. The van der Waals surface area contributed by atoms with Crippen LogP contribution in [0.3, 0.4) is 0 Å². The van der Waals surface area contributed by atoms with Gasteiger partial charge in [0.15, 0.2) is 5.65 Å². The number of carbonyl (C=O) groups excluding carboxylic acids is 1. The Balaban J connectivity index is 1.83. The Morgan fingerprint density at radius 1 is 1.47 bits per heavy atom. The van der Waals surface area contributed by atoms with Gasteiger partial charge in [-0.3, -0.25) is 4.79 Å². The Hall–Kier alpha value is -2.11. The predicted molar refractivity (Wildman–Crippen MR) is 72.1 cm³/mol. The van der Waals surface area contributed by atoms with E-state index in [-0.39, 0.29) is 5.97 Å². The van der Waals surface area contributed by atoms with E-state index in [9.17, 15) is 4.79 Å². The van der Waals surface area contributed by atoms with Crippen molar-refractivity contribution < 1.29 is 9.53 Å². The molecule has 19 heavy (non-hydrogen) atoms. The first-order valence-corrected chi connectivity index (χ1v) is 6.41. The van der Waals surface area contributed by atoms with Gasteiger partial charge in [-0.1, -0.05) is 6.07 Å². The molecule has 0 amide bonds. The molecule has 2 aromatic heterocycles. The summed E-state index contributed by atoms with van der Waals surface area (Å²) in [6, 6.07) is 3.92. The fourth-order valence-corrected chi connectivity index (χ4v) is 1.73. The first-order valence-electron chi connectivity index (χ1n) is 6.41. The van der Waals surface area contributed by atoms with Crippen LogP contribution in [0.2, 0.25) is 0 Å². The van der Waals surface area contributed by atoms with E-state index in [0.717, 1.165) is 11.2 Å². The van der Waals surface area contributed by atoms with Crippen LogP contribution >= 0.6 is 0 Å². The molecule has 0 unspecified atom stereocenters. The third-order valence-corrected chi connectivity index (χ3v) is 2.62. The van der Waals surface area contributed by atoms with Crippen molar-refractivity contribution in [3.63, 3.8) is 0 Å². The first kappa shape index (κ1) is 13.3. The highest BCUT2D eigenvalue weighted by atomic mass is 16.5. The van der Waals surface area contributed by atoms with Crippen LogP contribution in [0.25, 0.3) is 5.65 Å². The Morgan fingerprint density at radius 3 is 3.11 bits per heavy atom. The van der Waals surface area contributed by atoms with Crippen LogP contribution in [0.15, 0.2) is 18.3 Å². The van der Waals surface area contributed by atoms with Gasteiger partial charge in [0.1, 0.15) is 0 Å². The van der Waals surface area contributed by atoms with Crippen molar-refractivity contribution in [2.45, 2.75) is 26.7 Å². The van der Waals surface area contributed by atoms with Crippen molar-refractivity contribution in [2.24, 2.45) is 0 Å². The van der Waals surface area contributed by atoms with Crippen LogP contribution in [0.5, 0.6) is 0 Å². The van der Waals surface area contributed by atoms with Gasteiger partial charge in [-0.15, -0.1) is 5.10 Å². The smallest absolute Gasteiger partial charge is 0.305 e. The van der Waals surface area contributed by atoms with Gasteiger partial charge in [-0.05, 0) is 31.9 Å². The summed E-state index contributed by atoms with van der Waals surface area (Å²) < 4.78 is 6.59. The van der Waals surface area contributed by atoms with Gasteiger partial charge in [0.25, 0.3) is 0 Å². The molecular weight excluding hydrogens is 244 g/mol. The van der Waals surface area contributed by atoms with Gasteiger partial charge in [0.05, 0.1) is 6.61 Å².